The molecule has 5 nitrogen and oxygen atoms in total. The zero-order chi connectivity index (χ0) is 15.1. The number of ether oxygens (including phenoxy) is 2. The van der Waals surface area contributed by atoms with Crippen LogP contribution in [0.4, 0.5) is 0 Å². The van der Waals surface area contributed by atoms with Gasteiger partial charge in [-0.3, -0.25) is 4.98 Å². The first-order valence-electron chi connectivity index (χ1n) is 7.01. The van der Waals surface area contributed by atoms with E-state index in [4.69, 9.17) is 9.47 Å². The normalized spacial score (nSPS) is 10.7. The Morgan fingerprint density at radius 3 is 2.62 bits per heavy atom. The van der Waals surface area contributed by atoms with Crippen LogP contribution in [-0.4, -0.2) is 23.6 Å². The van der Waals surface area contributed by atoms with Gasteiger partial charge in [0.15, 0.2) is 0 Å². The van der Waals surface area contributed by atoms with Gasteiger partial charge < -0.3 is 14.8 Å². The van der Waals surface area contributed by atoms with Crippen molar-refractivity contribution in [2.24, 2.45) is 5.92 Å². The summed E-state index contributed by atoms with van der Waals surface area (Å²) in [7, 11) is 1.62. The summed E-state index contributed by atoms with van der Waals surface area (Å²) in [6, 6.07) is 7.38. The summed E-state index contributed by atoms with van der Waals surface area (Å²) in [4.78, 5) is 8.59. The lowest BCUT2D eigenvalue weighted by molar-refractivity contribution is 0.407. The molecule has 2 aromatic rings. The lowest BCUT2D eigenvalue weighted by Crippen LogP contribution is -2.19. The Kier molecular flexibility index (Phi) is 5.51. The second-order valence-corrected chi connectivity index (χ2v) is 5.15. The molecule has 0 spiro atoms. The molecule has 0 fully saturated rings. The van der Waals surface area contributed by atoms with Crippen LogP contribution in [0.25, 0.3) is 0 Å². The van der Waals surface area contributed by atoms with Crippen LogP contribution < -0.4 is 14.8 Å². The number of rotatable bonds is 7. The third-order valence-corrected chi connectivity index (χ3v) is 2.80. The van der Waals surface area contributed by atoms with E-state index < -0.39 is 0 Å². The molecule has 0 bridgehead atoms. The Bertz CT molecular complexity index is 556. The predicted octanol–water partition coefficient (Wildman–Crippen LogP) is 3.02. The summed E-state index contributed by atoms with van der Waals surface area (Å²) in [6.07, 6.45) is 3.36. The molecule has 1 aromatic heterocycles. The molecule has 0 aliphatic rings. The van der Waals surface area contributed by atoms with Crippen molar-refractivity contribution in [3.63, 3.8) is 0 Å². The van der Waals surface area contributed by atoms with Crippen molar-refractivity contribution in [3.8, 4) is 17.4 Å². The van der Waals surface area contributed by atoms with Crippen LogP contribution in [0.15, 0.2) is 36.7 Å². The molecule has 1 N–H and O–H groups in total. The summed E-state index contributed by atoms with van der Waals surface area (Å²) in [5.41, 5.74) is 0.897. The van der Waals surface area contributed by atoms with Gasteiger partial charge in [0, 0.05) is 12.6 Å². The first-order chi connectivity index (χ1) is 10.2. The summed E-state index contributed by atoms with van der Waals surface area (Å²) in [6.45, 7) is 6.02. The Labute approximate surface area is 125 Å². The van der Waals surface area contributed by atoms with Gasteiger partial charge in [-0.25, -0.2) is 4.98 Å². The van der Waals surface area contributed by atoms with E-state index in [1.54, 1.807) is 25.6 Å². The topological polar surface area (TPSA) is 56.3 Å². The van der Waals surface area contributed by atoms with E-state index in [-0.39, 0.29) is 0 Å². The van der Waals surface area contributed by atoms with Crippen molar-refractivity contribution in [3.05, 3.63) is 42.4 Å². The molecule has 0 unspecified atom stereocenters. The molecule has 2 rings (SSSR count). The zero-order valence-corrected chi connectivity index (χ0v) is 12.7. The highest BCUT2D eigenvalue weighted by atomic mass is 16.5. The molecule has 1 aromatic carbocycles. The molecular weight excluding hydrogens is 266 g/mol. The second kappa shape index (κ2) is 7.59. The minimum atomic E-state index is 0.468. The molecule has 0 saturated heterocycles. The van der Waals surface area contributed by atoms with E-state index in [9.17, 15) is 0 Å². The molecule has 5 heteroatoms. The number of hydrogen-bond acceptors (Lipinski definition) is 5. The van der Waals surface area contributed by atoms with Gasteiger partial charge >= 0.3 is 0 Å². The van der Waals surface area contributed by atoms with Gasteiger partial charge in [0.1, 0.15) is 11.5 Å². The van der Waals surface area contributed by atoms with Crippen LogP contribution in [-0.2, 0) is 6.54 Å². The van der Waals surface area contributed by atoms with E-state index >= 15 is 0 Å². The molecule has 21 heavy (non-hydrogen) atoms. The van der Waals surface area contributed by atoms with Crippen molar-refractivity contribution >= 4 is 0 Å². The van der Waals surface area contributed by atoms with Crippen LogP contribution in [0.5, 0.6) is 17.4 Å². The number of hydrogen-bond donors (Lipinski definition) is 1. The van der Waals surface area contributed by atoms with Crippen molar-refractivity contribution in [1.29, 1.82) is 0 Å². The van der Waals surface area contributed by atoms with Crippen LogP contribution in [0.2, 0.25) is 0 Å². The Hall–Kier alpha value is -2.14. The van der Waals surface area contributed by atoms with Gasteiger partial charge in [-0.2, -0.15) is 0 Å². The third kappa shape index (κ3) is 5.04. The van der Waals surface area contributed by atoms with E-state index in [1.165, 1.54) is 0 Å². The number of benzene rings is 1. The quantitative estimate of drug-likeness (QED) is 0.848. The second-order valence-electron chi connectivity index (χ2n) is 5.15. The maximum absolute atomic E-state index is 5.64. The van der Waals surface area contributed by atoms with Gasteiger partial charge in [0.25, 0.3) is 0 Å². The zero-order valence-electron chi connectivity index (χ0n) is 12.7. The fourth-order valence-electron chi connectivity index (χ4n) is 1.76. The summed E-state index contributed by atoms with van der Waals surface area (Å²) >= 11 is 0. The molecule has 1 heterocycles. The van der Waals surface area contributed by atoms with Crippen LogP contribution in [0.3, 0.4) is 0 Å². The molecule has 0 radical (unpaired) electrons. The van der Waals surface area contributed by atoms with Crippen LogP contribution in [0.1, 0.15) is 19.5 Å². The highest BCUT2D eigenvalue weighted by Gasteiger charge is 2.02. The van der Waals surface area contributed by atoms with Crippen molar-refractivity contribution in [2.45, 2.75) is 20.4 Å². The first-order valence-corrected chi connectivity index (χ1v) is 7.01. The highest BCUT2D eigenvalue weighted by molar-refractivity contribution is 5.34. The van der Waals surface area contributed by atoms with E-state index in [0.29, 0.717) is 24.1 Å². The first kappa shape index (κ1) is 15.3. The molecule has 0 aliphatic heterocycles. The highest BCUT2D eigenvalue weighted by Crippen LogP contribution is 2.23. The standard InChI is InChI=1S/C16H21N3O2/c1-12(2)8-17-9-13-10-19-16(11-18-13)21-15-6-4-5-14(7-15)20-3/h4-7,10-12,17H,8-9H2,1-3H3. The maximum Gasteiger partial charge on any atom is 0.237 e. The summed E-state index contributed by atoms with van der Waals surface area (Å²) in [5.74, 6) is 2.51. The van der Waals surface area contributed by atoms with Gasteiger partial charge in [-0.05, 0) is 24.6 Å². The van der Waals surface area contributed by atoms with E-state index in [1.807, 2.05) is 18.2 Å². The van der Waals surface area contributed by atoms with Gasteiger partial charge in [0.2, 0.25) is 5.88 Å². The van der Waals surface area contributed by atoms with E-state index in [2.05, 4.69) is 29.1 Å². The molecule has 0 atom stereocenters. The Morgan fingerprint density at radius 1 is 1.14 bits per heavy atom. The van der Waals surface area contributed by atoms with Crippen LogP contribution >= 0.6 is 0 Å². The molecule has 0 saturated carbocycles. The Morgan fingerprint density at radius 2 is 1.95 bits per heavy atom. The fraction of sp³-hybridized carbons (Fsp3) is 0.375. The lowest BCUT2D eigenvalue weighted by Gasteiger charge is -2.08. The number of aromatic nitrogens is 2. The van der Waals surface area contributed by atoms with Gasteiger partial charge in [-0.15, -0.1) is 0 Å². The molecule has 0 amide bonds. The predicted molar refractivity (Wildman–Crippen MR) is 81.6 cm³/mol. The largest absolute Gasteiger partial charge is 0.497 e. The van der Waals surface area contributed by atoms with Crippen molar-refractivity contribution < 1.29 is 9.47 Å². The maximum atomic E-state index is 5.64. The van der Waals surface area contributed by atoms with Crippen LogP contribution in [0, 0.1) is 5.92 Å². The van der Waals surface area contributed by atoms with Gasteiger partial charge in [0.05, 0.1) is 25.2 Å². The van der Waals surface area contributed by atoms with Crippen molar-refractivity contribution in [2.75, 3.05) is 13.7 Å². The van der Waals surface area contributed by atoms with Crippen molar-refractivity contribution in [1.82, 2.24) is 15.3 Å². The number of nitrogens with zero attached hydrogens (tertiary/aromatic N) is 2. The SMILES string of the molecule is COc1cccc(Oc2cnc(CNCC(C)C)cn2)c1. The fourth-order valence-corrected chi connectivity index (χ4v) is 1.76. The number of methoxy groups -OCH3 is 1. The summed E-state index contributed by atoms with van der Waals surface area (Å²) < 4.78 is 10.8. The lowest BCUT2D eigenvalue weighted by atomic mass is 10.2. The Balaban J connectivity index is 1.92. The monoisotopic (exact) mass is 287 g/mol. The molecule has 0 aliphatic carbocycles. The minimum Gasteiger partial charge on any atom is -0.497 e. The number of nitrogens with one attached hydrogen (secondary N) is 1. The smallest absolute Gasteiger partial charge is 0.237 e. The average Bonchev–Trinajstić information content (AvgIpc) is 2.49. The summed E-state index contributed by atoms with van der Waals surface area (Å²) in [5, 5.41) is 3.33. The minimum absolute atomic E-state index is 0.468. The van der Waals surface area contributed by atoms with Gasteiger partial charge in [-0.1, -0.05) is 19.9 Å². The molecule has 112 valence electrons. The average molecular weight is 287 g/mol. The third-order valence-electron chi connectivity index (χ3n) is 2.80. The molecular formula is C16H21N3O2. The van der Waals surface area contributed by atoms with E-state index in [0.717, 1.165) is 18.0 Å².